The van der Waals surface area contributed by atoms with E-state index in [0.717, 1.165) is 12.1 Å². The lowest BCUT2D eigenvalue weighted by atomic mass is 10.2. The zero-order valence-corrected chi connectivity index (χ0v) is 14.3. The van der Waals surface area contributed by atoms with Gasteiger partial charge in [-0.25, -0.2) is 8.42 Å². The Labute approximate surface area is 132 Å². The number of nitrogens with one attached hydrogen (secondary N) is 1. The van der Waals surface area contributed by atoms with Gasteiger partial charge in [0.1, 0.15) is 5.75 Å². The van der Waals surface area contributed by atoms with Gasteiger partial charge in [-0.2, -0.15) is 0 Å². The van der Waals surface area contributed by atoms with E-state index in [4.69, 9.17) is 16.3 Å². The fourth-order valence-corrected chi connectivity index (χ4v) is 3.27. The first kappa shape index (κ1) is 18.1. The number of ether oxygens (including phenoxy) is 1. The highest BCUT2D eigenvalue weighted by atomic mass is 35.5. The Morgan fingerprint density at radius 3 is 2.57 bits per heavy atom. The molecule has 1 N–H and O–H groups in total. The molecule has 7 heteroatoms. The number of anilines is 1. The van der Waals surface area contributed by atoms with Crippen LogP contribution in [-0.4, -0.2) is 46.2 Å². The first-order valence-corrected chi connectivity index (χ1v) is 8.94. The number of unbranched alkanes of at least 4 members (excludes halogenated alkanes) is 1. The second-order valence-electron chi connectivity index (χ2n) is 5.09. The molecule has 0 bridgehead atoms. The highest BCUT2D eigenvalue weighted by Crippen LogP contribution is 2.27. The molecule has 0 aliphatic heterocycles. The molecular weight excluding hydrogens is 312 g/mol. The van der Waals surface area contributed by atoms with Crippen molar-refractivity contribution < 1.29 is 13.2 Å². The molecule has 0 aliphatic rings. The highest BCUT2D eigenvalue weighted by molar-refractivity contribution is 7.92. The van der Waals surface area contributed by atoms with Crippen molar-refractivity contribution >= 4 is 27.3 Å². The van der Waals surface area contributed by atoms with E-state index in [1.54, 1.807) is 12.1 Å². The van der Waals surface area contributed by atoms with Crippen LogP contribution in [0.4, 0.5) is 5.69 Å². The summed E-state index contributed by atoms with van der Waals surface area (Å²) in [5.74, 6) is 1.04. The first-order chi connectivity index (χ1) is 9.88. The number of hydrogen-bond donors (Lipinski definition) is 1. The van der Waals surface area contributed by atoms with Gasteiger partial charge in [-0.05, 0) is 44.6 Å². The van der Waals surface area contributed by atoms with Crippen LogP contribution in [0.15, 0.2) is 18.2 Å². The lowest BCUT2D eigenvalue weighted by Crippen LogP contribution is -2.18. The molecule has 0 aromatic heterocycles. The minimum Gasteiger partial charge on any atom is -0.495 e. The van der Waals surface area contributed by atoms with E-state index in [9.17, 15) is 8.42 Å². The normalized spacial score (nSPS) is 11.7. The summed E-state index contributed by atoms with van der Waals surface area (Å²) in [7, 11) is 2.05. The number of hydrogen-bond acceptors (Lipinski definition) is 4. The average molecular weight is 335 g/mol. The van der Waals surface area contributed by atoms with Crippen LogP contribution in [0.3, 0.4) is 0 Å². The van der Waals surface area contributed by atoms with Gasteiger partial charge in [0.2, 0.25) is 10.0 Å². The van der Waals surface area contributed by atoms with Gasteiger partial charge in [-0.1, -0.05) is 6.07 Å². The maximum Gasteiger partial charge on any atom is 0.232 e. The zero-order chi connectivity index (χ0) is 15.9. The Balaban J connectivity index is 2.88. The molecule has 0 aliphatic carbocycles. The second kappa shape index (κ2) is 8.46. The number of sulfonamides is 1. The molecule has 5 nitrogen and oxygen atoms in total. The summed E-state index contributed by atoms with van der Waals surface area (Å²) in [6.07, 6.45) is 1.22. The molecule has 120 valence electrons. The third-order valence-corrected chi connectivity index (χ3v) is 4.45. The molecule has 0 radical (unpaired) electrons. The van der Waals surface area contributed by atoms with Gasteiger partial charge in [-0.3, -0.25) is 4.72 Å². The largest absolute Gasteiger partial charge is 0.495 e. The van der Waals surface area contributed by atoms with Crippen LogP contribution >= 0.6 is 11.6 Å². The number of alkyl halides is 1. The van der Waals surface area contributed by atoms with Crippen molar-refractivity contribution in [3.05, 3.63) is 23.8 Å². The smallest absolute Gasteiger partial charge is 0.232 e. The monoisotopic (exact) mass is 334 g/mol. The Hall–Kier alpha value is -0.980. The van der Waals surface area contributed by atoms with Crippen molar-refractivity contribution in [1.82, 2.24) is 4.90 Å². The molecule has 0 saturated carbocycles. The van der Waals surface area contributed by atoms with Gasteiger partial charge in [0.25, 0.3) is 0 Å². The summed E-state index contributed by atoms with van der Waals surface area (Å²) in [5.41, 5.74) is 1.49. The number of halogens is 1. The molecule has 0 spiro atoms. The molecule has 1 aromatic rings. The van der Waals surface area contributed by atoms with Crippen molar-refractivity contribution in [2.24, 2.45) is 0 Å². The lowest BCUT2D eigenvalue weighted by Gasteiger charge is -2.15. The van der Waals surface area contributed by atoms with Crippen molar-refractivity contribution in [3.8, 4) is 5.75 Å². The van der Waals surface area contributed by atoms with Crippen LogP contribution in [0, 0.1) is 0 Å². The van der Waals surface area contributed by atoms with E-state index in [-0.39, 0.29) is 5.75 Å². The highest BCUT2D eigenvalue weighted by Gasteiger charge is 2.14. The molecule has 0 fully saturated rings. The standard InChI is InChI=1S/C14H23ClN2O3S/c1-17(2)11-12-6-7-14(20-3)13(10-12)16-21(18,19)9-5-4-8-15/h6-7,10,16H,4-5,8-9,11H2,1-3H3. The topological polar surface area (TPSA) is 58.6 Å². The van der Waals surface area contributed by atoms with E-state index in [1.165, 1.54) is 7.11 Å². The molecule has 1 aromatic carbocycles. The third kappa shape index (κ3) is 6.54. The van der Waals surface area contributed by atoms with Crippen LogP contribution in [0.1, 0.15) is 18.4 Å². The van der Waals surface area contributed by atoms with Crippen molar-refractivity contribution in [3.63, 3.8) is 0 Å². The predicted molar refractivity (Wildman–Crippen MR) is 87.7 cm³/mol. The van der Waals surface area contributed by atoms with Gasteiger partial charge >= 0.3 is 0 Å². The summed E-state index contributed by atoms with van der Waals surface area (Å²) in [5, 5.41) is 0. The summed E-state index contributed by atoms with van der Waals surface area (Å²) in [4.78, 5) is 2.01. The quantitative estimate of drug-likeness (QED) is 0.557. The maximum atomic E-state index is 12.1. The molecule has 0 atom stereocenters. The van der Waals surface area contributed by atoms with E-state index >= 15 is 0 Å². The Kier molecular flexibility index (Phi) is 7.28. The van der Waals surface area contributed by atoms with Gasteiger partial charge < -0.3 is 9.64 Å². The predicted octanol–water partition coefficient (Wildman–Crippen LogP) is 2.52. The number of rotatable bonds is 9. The number of benzene rings is 1. The van der Waals surface area contributed by atoms with Crippen LogP contribution in [-0.2, 0) is 16.6 Å². The van der Waals surface area contributed by atoms with Crippen molar-refractivity contribution in [2.75, 3.05) is 37.6 Å². The summed E-state index contributed by atoms with van der Waals surface area (Å²) >= 11 is 5.57. The maximum absolute atomic E-state index is 12.1. The summed E-state index contributed by atoms with van der Waals surface area (Å²) in [6.45, 7) is 0.727. The summed E-state index contributed by atoms with van der Waals surface area (Å²) in [6, 6.07) is 5.50. The minimum atomic E-state index is -3.39. The fraction of sp³-hybridized carbons (Fsp3) is 0.571. The molecule has 0 unspecified atom stereocenters. The van der Waals surface area contributed by atoms with Crippen LogP contribution in [0.5, 0.6) is 5.75 Å². The Morgan fingerprint density at radius 2 is 2.00 bits per heavy atom. The van der Waals surface area contributed by atoms with E-state index in [1.807, 2.05) is 25.1 Å². The van der Waals surface area contributed by atoms with Gasteiger partial charge in [0.05, 0.1) is 18.6 Å². The second-order valence-corrected chi connectivity index (χ2v) is 7.31. The third-order valence-electron chi connectivity index (χ3n) is 2.82. The molecular formula is C14H23ClN2O3S. The van der Waals surface area contributed by atoms with Crippen LogP contribution < -0.4 is 9.46 Å². The Bertz CT molecular complexity index is 547. The number of nitrogens with zero attached hydrogens (tertiary/aromatic N) is 1. The van der Waals surface area contributed by atoms with Crippen LogP contribution in [0.2, 0.25) is 0 Å². The molecule has 1 rings (SSSR count). The Morgan fingerprint density at radius 1 is 1.29 bits per heavy atom. The molecule has 0 heterocycles. The molecule has 0 amide bonds. The van der Waals surface area contributed by atoms with Crippen LogP contribution in [0.25, 0.3) is 0 Å². The lowest BCUT2D eigenvalue weighted by molar-refractivity contribution is 0.400. The van der Waals surface area contributed by atoms with Crippen molar-refractivity contribution in [2.45, 2.75) is 19.4 Å². The minimum absolute atomic E-state index is 0.0563. The first-order valence-electron chi connectivity index (χ1n) is 6.76. The van der Waals surface area contributed by atoms with Gasteiger partial charge in [0.15, 0.2) is 0 Å². The fourth-order valence-electron chi connectivity index (χ4n) is 1.90. The van der Waals surface area contributed by atoms with E-state index in [2.05, 4.69) is 4.72 Å². The SMILES string of the molecule is COc1ccc(CN(C)C)cc1NS(=O)(=O)CCCCCl. The van der Waals surface area contributed by atoms with Crippen molar-refractivity contribution in [1.29, 1.82) is 0 Å². The van der Waals surface area contributed by atoms with E-state index < -0.39 is 10.0 Å². The number of methoxy groups -OCH3 is 1. The van der Waals surface area contributed by atoms with E-state index in [0.29, 0.717) is 30.2 Å². The van der Waals surface area contributed by atoms with Gasteiger partial charge in [-0.15, -0.1) is 11.6 Å². The zero-order valence-electron chi connectivity index (χ0n) is 12.7. The van der Waals surface area contributed by atoms with Gasteiger partial charge in [0, 0.05) is 12.4 Å². The molecule has 0 saturated heterocycles. The average Bonchev–Trinajstić information content (AvgIpc) is 2.38. The summed E-state index contributed by atoms with van der Waals surface area (Å²) < 4.78 is 31.9. The molecule has 21 heavy (non-hydrogen) atoms.